The minimum absolute atomic E-state index is 0.183. The zero-order valence-electron chi connectivity index (χ0n) is 10.3. The zero-order chi connectivity index (χ0) is 13.5. The summed E-state index contributed by atoms with van der Waals surface area (Å²) < 4.78 is 30.3. The average Bonchev–Trinajstić information content (AvgIpc) is 2.27. The molecule has 0 amide bonds. The molecule has 1 aromatic heterocycles. The molecule has 0 atom stereocenters. The molecule has 1 heterocycles. The molecule has 0 aliphatic rings. The van der Waals surface area contributed by atoms with Crippen molar-refractivity contribution >= 4 is 11.8 Å². The van der Waals surface area contributed by atoms with Crippen LogP contribution in [0.1, 0.15) is 19.9 Å². The first-order valence-corrected chi connectivity index (χ1v) is 6.57. The minimum atomic E-state index is -2.45. The van der Waals surface area contributed by atoms with Crippen molar-refractivity contribution in [2.75, 3.05) is 19.0 Å². The molecule has 102 valence electrons. The third-order valence-corrected chi connectivity index (χ3v) is 2.99. The van der Waals surface area contributed by atoms with Gasteiger partial charge in [0, 0.05) is 24.1 Å². The molecule has 0 aliphatic heterocycles. The summed E-state index contributed by atoms with van der Waals surface area (Å²) in [5.74, 6) is 0.482. The Bertz CT molecular complexity index is 424. The molecule has 0 aliphatic carbocycles. The fraction of sp³-hybridized carbons (Fsp3) is 0.636. The molecule has 0 bridgehead atoms. The highest BCUT2D eigenvalue weighted by Gasteiger charge is 2.07. The van der Waals surface area contributed by atoms with Crippen molar-refractivity contribution in [1.82, 2.24) is 9.55 Å². The lowest BCUT2D eigenvalue weighted by molar-refractivity contribution is 0.0237. The Hall–Kier alpha value is -0.950. The van der Waals surface area contributed by atoms with Crippen molar-refractivity contribution in [3.63, 3.8) is 0 Å². The van der Waals surface area contributed by atoms with Gasteiger partial charge in [-0.1, -0.05) is 11.8 Å². The molecule has 1 rings (SSSR count). The molecule has 0 spiro atoms. The first kappa shape index (κ1) is 15.1. The van der Waals surface area contributed by atoms with Gasteiger partial charge in [-0.2, -0.15) is 4.98 Å². The molecule has 7 heteroatoms. The molecule has 0 saturated heterocycles. The third kappa shape index (κ3) is 5.14. The molecule has 0 radical (unpaired) electrons. The second-order valence-electron chi connectivity index (χ2n) is 3.86. The number of aromatic nitrogens is 2. The van der Waals surface area contributed by atoms with Crippen LogP contribution in [0.15, 0.2) is 22.2 Å². The van der Waals surface area contributed by atoms with Crippen LogP contribution in [0, 0.1) is 0 Å². The van der Waals surface area contributed by atoms with E-state index < -0.39 is 13.0 Å². The van der Waals surface area contributed by atoms with Gasteiger partial charge in [0.25, 0.3) is 12.0 Å². The third-order valence-electron chi connectivity index (χ3n) is 2.06. The van der Waals surface area contributed by atoms with E-state index in [4.69, 9.17) is 4.74 Å². The molecule has 0 unspecified atom stereocenters. The monoisotopic (exact) mass is 278 g/mol. The first-order valence-electron chi connectivity index (χ1n) is 5.58. The van der Waals surface area contributed by atoms with Crippen LogP contribution in [0.4, 0.5) is 8.78 Å². The lowest BCUT2D eigenvalue weighted by Gasteiger charge is -2.14. The maximum Gasteiger partial charge on any atom is 0.273 e. The summed E-state index contributed by atoms with van der Waals surface area (Å²) in [6.45, 7) is 3.60. The van der Waals surface area contributed by atoms with E-state index in [0.717, 1.165) is 0 Å². The molecule has 0 saturated carbocycles. The van der Waals surface area contributed by atoms with Crippen LogP contribution in [-0.4, -0.2) is 34.9 Å². The molecule has 0 N–H and O–H groups in total. The topological polar surface area (TPSA) is 44.1 Å². The molecule has 0 fully saturated rings. The predicted molar refractivity (Wildman–Crippen MR) is 66.4 cm³/mol. The van der Waals surface area contributed by atoms with E-state index in [9.17, 15) is 13.6 Å². The summed E-state index contributed by atoms with van der Waals surface area (Å²) in [6.07, 6.45) is -0.763. The Balaban J connectivity index is 2.50. The van der Waals surface area contributed by atoms with Gasteiger partial charge in [-0.05, 0) is 13.8 Å². The second-order valence-corrected chi connectivity index (χ2v) is 4.93. The van der Waals surface area contributed by atoms with Crippen LogP contribution >= 0.6 is 11.8 Å². The normalized spacial score (nSPS) is 11.4. The quantitative estimate of drug-likeness (QED) is 0.436. The fourth-order valence-corrected chi connectivity index (χ4v) is 2.22. The van der Waals surface area contributed by atoms with Gasteiger partial charge in [0.15, 0.2) is 5.16 Å². The zero-order valence-corrected chi connectivity index (χ0v) is 11.1. The van der Waals surface area contributed by atoms with Gasteiger partial charge in [-0.3, -0.25) is 4.79 Å². The summed E-state index contributed by atoms with van der Waals surface area (Å²) in [4.78, 5) is 15.1. The Morgan fingerprint density at radius 2 is 2.22 bits per heavy atom. The molecular weight excluding hydrogens is 262 g/mol. The van der Waals surface area contributed by atoms with Gasteiger partial charge >= 0.3 is 0 Å². The van der Waals surface area contributed by atoms with Crippen molar-refractivity contribution in [2.45, 2.75) is 31.5 Å². The van der Waals surface area contributed by atoms with Crippen LogP contribution in [0.25, 0.3) is 0 Å². The Morgan fingerprint density at radius 3 is 2.83 bits per heavy atom. The number of hydrogen-bond acceptors (Lipinski definition) is 4. The summed E-state index contributed by atoms with van der Waals surface area (Å²) in [5, 5.41) is 0.582. The Labute approximate surface area is 108 Å². The lowest BCUT2D eigenvalue weighted by Crippen LogP contribution is -2.15. The van der Waals surface area contributed by atoms with Gasteiger partial charge < -0.3 is 9.30 Å². The maximum absolute atomic E-state index is 11.8. The minimum Gasteiger partial charge on any atom is -0.375 e. The summed E-state index contributed by atoms with van der Waals surface area (Å²) in [5.41, 5.74) is -0.303. The standard InChI is InChI=1S/C11H16F2N2O2S/c1-8(2)15-4-3-10(16)14-11(15)18-6-5-17-7-9(12)13/h3-4,8-9H,5-7H2,1-2H3. The van der Waals surface area contributed by atoms with Gasteiger partial charge in [-0.25, -0.2) is 8.78 Å². The molecule has 4 nitrogen and oxygen atoms in total. The van der Waals surface area contributed by atoms with E-state index >= 15 is 0 Å². The van der Waals surface area contributed by atoms with E-state index in [1.807, 2.05) is 18.4 Å². The molecule has 1 aromatic rings. The van der Waals surface area contributed by atoms with Crippen molar-refractivity contribution in [2.24, 2.45) is 0 Å². The van der Waals surface area contributed by atoms with Crippen LogP contribution in [0.5, 0.6) is 0 Å². The van der Waals surface area contributed by atoms with Gasteiger partial charge in [0.2, 0.25) is 0 Å². The van der Waals surface area contributed by atoms with E-state index in [0.29, 0.717) is 10.9 Å². The largest absolute Gasteiger partial charge is 0.375 e. The number of halogens is 2. The van der Waals surface area contributed by atoms with Crippen LogP contribution in [0.3, 0.4) is 0 Å². The first-order chi connectivity index (χ1) is 8.50. The van der Waals surface area contributed by atoms with E-state index in [-0.39, 0.29) is 18.2 Å². The SMILES string of the molecule is CC(C)n1ccc(=O)nc1SCCOCC(F)F. The molecule has 18 heavy (non-hydrogen) atoms. The van der Waals surface area contributed by atoms with Gasteiger partial charge in [0.1, 0.15) is 6.61 Å². The summed E-state index contributed by atoms with van der Waals surface area (Å²) in [6, 6.07) is 1.58. The van der Waals surface area contributed by atoms with Gasteiger partial charge in [0.05, 0.1) is 6.61 Å². The second kappa shape index (κ2) is 7.48. The van der Waals surface area contributed by atoms with Crippen molar-refractivity contribution in [3.05, 3.63) is 22.6 Å². The maximum atomic E-state index is 11.8. The predicted octanol–water partition coefficient (Wildman–Crippen LogP) is 2.20. The number of thioether (sulfide) groups is 1. The van der Waals surface area contributed by atoms with Crippen LogP contribution in [-0.2, 0) is 4.74 Å². The fourth-order valence-electron chi connectivity index (χ4n) is 1.26. The van der Waals surface area contributed by atoms with Crippen molar-refractivity contribution < 1.29 is 13.5 Å². The number of hydrogen-bond donors (Lipinski definition) is 0. The van der Waals surface area contributed by atoms with Crippen molar-refractivity contribution in [1.29, 1.82) is 0 Å². The highest BCUT2D eigenvalue weighted by Crippen LogP contribution is 2.17. The summed E-state index contributed by atoms with van der Waals surface area (Å²) in [7, 11) is 0. The average molecular weight is 278 g/mol. The Morgan fingerprint density at radius 1 is 1.50 bits per heavy atom. The van der Waals surface area contributed by atoms with Crippen LogP contribution < -0.4 is 5.56 Å². The smallest absolute Gasteiger partial charge is 0.273 e. The van der Waals surface area contributed by atoms with E-state index in [1.54, 1.807) is 6.20 Å². The number of ether oxygens (including phenoxy) is 1. The molecular formula is C11H16F2N2O2S. The van der Waals surface area contributed by atoms with Crippen molar-refractivity contribution in [3.8, 4) is 0 Å². The summed E-state index contributed by atoms with van der Waals surface area (Å²) >= 11 is 1.32. The number of nitrogens with zero attached hydrogens (tertiary/aromatic N) is 2. The molecule has 0 aromatic carbocycles. The van der Waals surface area contributed by atoms with E-state index in [1.165, 1.54) is 17.8 Å². The number of rotatable bonds is 7. The van der Waals surface area contributed by atoms with Gasteiger partial charge in [-0.15, -0.1) is 0 Å². The Kier molecular flexibility index (Phi) is 6.28. The lowest BCUT2D eigenvalue weighted by atomic mass is 10.4. The highest BCUT2D eigenvalue weighted by atomic mass is 32.2. The number of alkyl halides is 2. The van der Waals surface area contributed by atoms with E-state index in [2.05, 4.69) is 4.98 Å². The van der Waals surface area contributed by atoms with Crippen LogP contribution in [0.2, 0.25) is 0 Å². The highest BCUT2D eigenvalue weighted by molar-refractivity contribution is 7.99.